The summed E-state index contributed by atoms with van der Waals surface area (Å²) in [6.07, 6.45) is 1.78. The van der Waals surface area contributed by atoms with E-state index in [0.29, 0.717) is 18.7 Å². The molecule has 0 unspecified atom stereocenters. The average molecular weight is 372 g/mol. The maximum atomic E-state index is 14.0. The highest BCUT2D eigenvalue weighted by Gasteiger charge is 2.24. The fourth-order valence-electron chi connectivity index (χ4n) is 2.91. The van der Waals surface area contributed by atoms with Gasteiger partial charge < -0.3 is 15.5 Å². The predicted molar refractivity (Wildman–Crippen MR) is 107 cm³/mol. The van der Waals surface area contributed by atoms with Crippen LogP contribution in [0, 0.1) is 5.82 Å². The summed E-state index contributed by atoms with van der Waals surface area (Å²) in [6, 6.07) is 10.3. The number of rotatable bonds is 8. The van der Waals surface area contributed by atoms with Gasteiger partial charge in [0.05, 0.1) is 0 Å². The van der Waals surface area contributed by atoms with Gasteiger partial charge in [0.25, 0.3) is 0 Å². The van der Waals surface area contributed by atoms with Crippen LogP contribution in [0.1, 0.15) is 38.8 Å². The van der Waals surface area contributed by atoms with Crippen molar-refractivity contribution < 1.29 is 9.18 Å². The van der Waals surface area contributed by atoms with E-state index < -0.39 is 5.41 Å². The number of pyridine rings is 1. The van der Waals surface area contributed by atoms with Crippen molar-refractivity contribution in [2.75, 3.05) is 24.5 Å². The van der Waals surface area contributed by atoms with Crippen LogP contribution in [0.15, 0.2) is 42.6 Å². The Labute approximate surface area is 161 Å². The van der Waals surface area contributed by atoms with Crippen molar-refractivity contribution >= 4 is 11.8 Å². The third-order valence-electron chi connectivity index (χ3n) is 4.64. The largest absolute Gasteiger partial charge is 0.357 e. The number of urea groups is 1. The summed E-state index contributed by atoms with van der Waals surface area (Å²) < 4.78 is 14.0. The summed E-state index contributed by atoms with van der Waals surface area (Å²) >= 11 is 0. The second-order valence-corrected chi connectivity index (χ2v) is 7.10. The summed E-state index contributed by atoms with van der Waals surface area (Å²) in [7, 11) is 0. The molecule has 0 bridgehead atoms. The van der Waals surface area contributed by atoms with Crippen LogP contribution >= 0.6 is 0 Å². The highest BCUT2D eigenvalue weighted by atomic mass is 19.1. The average Bonchev–Trinajstić information content (AvgIpc) is 2.67. The summed E-state index contributed by atoms with van der Waals surface area (Å²) in [4.78, 5) is 18.7. The van der Waals surface area contributed by atoms with Gasteiger partial charge in [-0.3, -0.25) is 0 Å². The Morgan fingerprint density at radius 2 is 1.81 bits per heavy atom. The van der Waals surface area contributed by atoms with Crippen molar-refractivity contribution in [1.29, 1.82) is 0 Å². The van der Waals surface area contributed by atoms with Crippen molar-refractivity contribution in [3.63, 3.8) is 0 Å². The summed E-state index contributed by atoms with van der Waals surface area (Å²) in [6.45, 7) is 10.5. The second-order valence-electron chi connectivity index (χ2n) is 7.10. The van der Waals surface area contributed by atoms with Crippen LogP contribution in [0.3, 0.4) is 0 Å². The molecular weight excluding hydrogens is 343 g/mol. The van der Waals surface area contributed by atoms with Gasteiger partial charge in [-0.2, -0.15) is 0 Å². The van der Waals surface area contributed by atoms with Crippen molar-refractivity contribution in [3.8, 4) is 0 Å². The fraction of sp³-hybridized carbons (Fsp3) is 0.429. The first-order chi connectivity index (χ1) is 12.9. The van der Waals surface area contributed by atoms with Crippen molar-refractivity contribution in [1.82, 2.24) is 15.6 Å². The quantitative estimate of drug-likeness (QED) is 0.740. The number of carbonyl (C=O) groups is 1. The van der Waals surface area contributed by atoms with E-state index in [1.54, 1.807) is 24.4 Å². The third-order valence-corrected chi connectivity index (χ3v) is 4.64. The van der Waals surface area contributed by atoms with E-state index in [2.05, 4.69) is 34.4 Å². The zero-order valence-electron chi connectivity index (χ0n) is 16.6. The molecule has 0 aliphatic carbocycles. The first-order valence-electron chi connectivity index (χ1n) is 9.34. The van der Waals surface area contributed by atoms with Crippen LogP contribution in [-0.4, -0.2) is 30.6 Å². The molecule has 2 N–H and O–H groups in total. The zero-order valence-corrected chi connectivity index (χ0v) is 16.6. The van der Waals surface area contributed by atoms with Crippen molar-refractivity contribution in [3.05, 3.63) is 59.5 Å². The maximum Gasteiger partial charge on any atom is 0.315 e. The molecule has 2 rings (SSSR count). The molecule has 27 heavy (non-hydrogen) atoms. The molecule has 5 nitrogen and oxygen atoms in total. The van der Waals surface area contributed by atoms with E-state index in [-0.39, 0.29) is 11.8 Å². The Hall–Kier alpha value is -2.63. The van der Waals surface area contributed by atoms with Crippen LogP contribution < -0.4 is 15.5 Å². The molecule has 2 amide bonds. The second kappa shape index (κ2) is 9.35. The number of nitrogens with zero attached hydrogens (tertiary/aromatic N) is 2. The standard InChI is InChI=1S/C21H29FN4O/c1-5-26(6-2)19-12-11-16(13-23-19)14-24-20(27)25-15-21(3,4)17-9-7-8-10-18(17)22/h7-13H,5-6,14-15H2,1-4H3,(H2,24,25,27). The lowest BCUT2D eigenvalue weighted by molar-refractivity contribution is 0.238. The lowest BCUT2D eigenvalue weighted by Gasteiger charge is -2.26. The maximum absolute atomic E-state index is 14.0. The molecule has 0 fully saturated rings. The molecule has 0 aliphatic rings. The molecule has 6 heteroatoms. The number of hydrogen-bond acceptors (Lipinski definition) is 3. The molecule has 1 aromatic heterocycles. The van der Waals surface area contributed by atoms with Gasteiger partial charge in [-0.15, -0.1) is 0 Å². The van der Waals surface area contributed by atoms with Crippen LogP contribution in [0.5, 0.6) is 0 Å². The number of hydrogen-bond donors (Lipinski definition) is 2. The number of benzene rings is 1. The Balaban J connectivity index is 1.85. The Kier molecular flexibility index (Phi) is 7.16. The van der Waals surface area contributed by atoms with E-state index in [4.69, 9.17) is 0 Å². The molecule has 0 saturated carbocycles. The van der Waals surface area contributed by atoms with E-state index in [0.717, 1.165) is 24.5 Å². The van der Waals surface area contributed by atoms with Gasteiger partial charge in [-0.25, -0.2) is 14.2 Å². The first-order valence-corrected chi connectivity index (χ1v) is 9.34. The SMILES string of the molecule is CCN(CC)c1ccc(CNC(=O)NCC(C)(C)c2ccccc2F)cn1. The number of amides is 2. The van der Waals surface area contributed by atoms with Gasteiger partial charge in [0.2, 0.25) is 0 Å². The van der Waals surface area contributed by atoms with Crippen LogP contribution in [0.4, 0.5) is 15.0 Å². The lowest BCUT2D eigenvalue weighted by Crippen LogP contribution is -2.42. The molecule has 1 heterocycles. The summed E-state index contributed by atoms with van der Waals surface area (Å²) in [5.74, 6) is 0.670. The van der Waals surface area contributed by atoms with Crippen LogP contribution in [0.25, 0.3) is 0 Å². The normalized spacial score (nSPS) is 11.1. The molecule has 2 aromatic rings. The minimum absolute atomic E-state index is 0.260. The monoisotopic (exact) mass is 372 g/mol. The fourth-order valence-corrected chi connectivity index (χ4v) is 2.91. The number of halogens is 1. The van der Waals surface area contributed by atoms with Gasteiger partial charge in [-0.05, 0) is 37.1 Å². The van der Waals surface area contributed by atoms with E-state index in [9.17, 15) is 9.18 Å². The number of nitrogens with one attached hydrogen (secondary N) is 2. The Bertz CT molecular complexity index is 742. The van der Waals surface area contributed by atoms with Gasteiger partial charge in [0, 0.05) is 37.8 Å². The minimum Gasteiger partial charge on any atom is -0.357 e. The molecule has 0 aliphatic heterocycles. The molecule has 146 valence electrons. The molecule has 0 saturated heterocycles. The van der Waals surface area contributed by atoms with Crippen molar-refractivity contribution in [2.45, 2.75) is 39.7 Å². The molecule has 0 atom stereocenters. The topological polar surface area (TPSA) is 57.3 Å². The smallest absolute Gasteiger partial charge is 0.315 e. The summed E-state index contributed by atoms with van der Waals surface area (Å²) in [5.41, 5.74) is 1.01. The number of carbonyl (C=O) groups excluding carboxylic acids is 1. The highest BCUT2D eigenvalue weighted by Crippen LogP contribution is 2.24. The van der Waals surface area contributed by atoms with Gasteiger partial charge in [0.15, 0.2) is 0 Å². The summed E-state index contributed by atoms with van der Waals surface area (Å²) in [5, 5.41) is 5.64. The zero-order chi connectivity index (χ0) is 19.9. The predicted octanol–water partition coefficient (Wildman–Crippen LogP) is 3.84. The Morgan fingerprint density at radius 3 is 2.41 bits per heavy atom. The van der Waals surface area contributed by atoms with Crippen LogP contribution in [-0.2, 0) is 12.0 Å². The van der Waals surface area contributed by atoms with E-state index in [1.165, 1.54) is 6.07 Å². The molecular formula is C21H29FN4O. The molecule has 1 aromatic carbocycles. The molecule has 0 radical (unpaired) electrons. The Morgan fingerprint density at radius 1 is 1.11 bits per heavy atom. The van der Waals surface area contributed by atoms with Gasteiger partial charge >= 0.3 is 6.03 Å². The lowest BCUT2D eigenvalue weighted by atomic mass is 9.84. The van der Waals surface area contributed by atoms with Gasteiger partial charge in [0.1, 0.15) is 11.6 Å². The van der Waals surface area contributed by atoms with E-state index in [1.807, 2.05) is 26.0 Å². The van der Waals surface area contributed by atoms with Crippen molar-refractivity contribution in [2.24, 2.45) is 0 Å². The van der Waals surface area contributed by atoms with Crippen LogP contribution in [0.2, 0.25) is 0 Å². The minimum atomic E-state index is -0.504. The van der Waals surface area contributed by atoms with E-state index >= 15 is 0 Å². The highest BCUT2D eigenvalue weighted by molar-refractivity contribution is 5.74. The molecule has 0 spiro atoms. The number of aromatic nitrogens is 1. The van der Waals surface area contributed by atoms with Gasteiger partial charge in [-0.1, -0.05) is 38.1 Å². The first kappa shape index (κ1) is 20.7. The number of anilines is 1. The third kappa shape index (κ3) is 5.67.